The van der Waals surface area contributed by atoms with Gasteiger partial charge in [-0.05, 0) is 57.7 Å². The Morgan fingerprint density at radius 2 is 2.00 bits per heavy atom. The summed E-state index contributed by atoms with van der Waals surface area (Å²) in [5, 5.41) is 0. The molecule has 0 aromatic heterocycles. The first-order chi connectivity index (χ1) is 13.1. The van der Waals surface area contributed by atoms with Crippen molar-refractivity contribution in [2.45, 2.75) is 72.1 Å². The van der Waals surface area contributed by atoms with Crippen LogP contribution in [0, 0.1) is 12.8 Å². The molecule has 1 heterocycles. The molecule has 7 heteroatoms. The van der Waals surface area contributed by atoms with Crippen LogP contribution in [0.1, 0.15) is 58.4 Å². The molecule has 1 aliphatic rings. The molecular weight excluding hydrogens is 362 g/mol. The predicted octanol–water partition coefficient (Wildman–Crippen LogP) is 4.18. The SMILES string of the molecule is COc1ccc(C2O[C@@H](OC=O)[C@H](CC(C)C)N2C(=O)OC(C)(C)C)c(C)c1. The number of ether oxygens (including phenoxy) is 4. The van der Waals surface area contributed by atoms with E-state index in [1.165, 1.54) is 0 Å². The molecule has 1 unspecified atom stereocenters. The van der Waals surface area contributed by atoms with Crippen molar-refractivity contribution in [1.29, 1.82) is 0 Å². The smallest absolute Gasteiger partial charge is 0.413 e. The van der Waals surface area contributed by atoms with E-state index in [2.05, 4.69) is 0 Å². The summed E-state index contributed by atoms with van der Waals surface area (Å²) in [5.74, 6) is 0.967. The van der Waals surface area contributed by atoms with Crippen LogP contribution in [-0.4, -0.2) is 42.5 Å². The van der Waals surface area contributed by atoms with Gasteiger partial charge >= 0.3 is 6.09 Å². The normalized spacial score (nSPS) is 22.3. The zero-order chi connectivity index (χ0) is 21.1. The number of nitrogens with zero attached hydrogens (tertiary/aromatic N) is 1. The van der Waals surface area contributed by atoms with Gasteiger partial charge in [0.1, 0.15) is 17.4 Å². The summed E-state index contributed by atoms with van der Waals surface area (Å²) in [6.07, 6.45) is -1.49. The number of carbonyl (C=O) groups excluding carboxylic acids is 2. The molecule has 0 aliphatic carbocycles. The van der Waals surface area contributed by atoms with Crippen LogP contribution in [-0.2, 0) is 19.0 Å². The van der Waals surface area contributed by atoms with Gasteiger partial charge in [0, 0.05) is 5.56 Å². The van der Waals surface area contributed by atoms with Crippen molar-refractivity contribution in [1.82, 2.24) is 4.90 Å². The predicted molar refractivity (Wildman–Crippen MR) is 104 cm³/mol. The number of methoxy groups -OCH3 is 1. The summed E-state index contributed by atoms with van der Waals surface area (Å²) in [5.41, 5.74) is 1.02. The molecule has 1 saturated heterocycles. The molecule has 3 atom stereocenters. The molecule has 1 fully saturated rings. The van der Waals surface area contributed by atoms with Gasteiger partial charge in [0.05, 0.1) is 7.11 Å². The highest BCUT2D eigenvalue weighted by Crippen LogP contribution is 2.40. The monoisotopic (exact) mass is 393 g/mol. The molecule has 0 saturated carbocycles. The summed E-state index contributed by atoms with van der Waals surface area (Å²) in [6.45, 7) is 11.8. The highest BCUT2D eigenvalue weighted by Gasteiger charge is 2.49. The minimum Gasteiger partial charge on any atom is -0.497 e. The average molecular weight is 393 g/mol. The molecule has 0 bridgehead atoms. The lowest BCUT2D eigenvalue weighted by atomic mass is 10.0. The number of aryl methyl sites for hydroxylation is 1. The third-order valence-electron chi connectivity index (χ3n) is 4.44. The lowest BCUT2D eigenvalue weighted by molar-refractivity contribution is -0.163. The van der Waals surface area contributed by atoms with Gasteiger partial charge in [-0.25, -0.2) is 4.79 Å². The molecular formula is C21H31NO6. The fourth-order valence-corrected chi connectivity index (χ4v) is 3.29. The first-order valence-electron chi connectivity index (χ1n) is 9.47. The van der Waals surface area contributed by atoms with Crippen molar-refractivity contribution in [3.8, 4) is 5.75 Å². The van der Waals surface area contributed by atoms with Crippen LogP contribution < -0.4 is 4.74 Å². The van der Waals surface area contributed by atoms with Crippen LogP contribution in [0.4, 0.5) is 4.79 Å². The van der Waals surface area contributed by atoms with Gasteiger partial charge in [-0.2, -0.15) is 0 Å². The highest BCUT2D eigenvalue weighted by atomic mass is 16.7. The van der Waals surface area contributed by atoms with Crippen LogP contribution in [0.5, 0.6) is 5.75 Å². The van der Waals surface area contributed by atoms with Crippen molar-refractivity contribution < 1.29 is 28.5 Å². The number of hydrogen-bond donors (Lipinski definition) is 0. The number of carbonyl (C=O) groups is 2. The topological polar surface area (TPSA) is 74.3 Å². The van der Waals surface area contributed by atoms with E-state index in [0.29, 0.717) is 18.6 Å². The van der Waals surface area contributed by atoms with Gasteiger partial charge < -0.3 is 18.9 Å². The minimum absolute atomic E-state index is 0.256. The summed E-state index contributed by atoms with van der Waals surface area (Å²) in [4.78, 5) is 25.7. The molecule has 1 aromatic carbocycles. The van der Waals surface area contributed by atoms with Crippen LogP contribution in [0.25, 0.3) is 0 Å². The Hall–Kier alpha value is -2.28. The Bertz CT molecular complexity index is 697. The number of benzene rings is 1. The van der Waals surface area contributed by atoms with Crippen molar-refractivity contribution in [2.24, 2.45) is 5.92 Å². The first-order valence-corrected chi connectivity index (χ1v) is 9.47. The Morgan fingerprint density at radius 1 is 1.32 bits per heavy atom. The lowest BCUT2D eigenvalue weighted by Gasteiger charge is -2.32. The molecule has 0 N–H and O–H groups in total. The zero-order valence-corrected chi connectivity index (χ0v) is 17.7. The molecule has 0 radical (unpaired) electrons. The number of hydrogen-bond acceptors (Lipinski definition) is 6. The molecule has 1 aromatic rings. The Labute approximate surface area is 166 Å². The van der Waals surface area contributed by atoms with Crippen molar-refractivity contribution >= 4 is 12.6 Å². The molecule has 7 nitrogen and oxygen atoms in total. The van der Waals surface area contributed by atoms with Crippen LogP contribution in [0.3, 0.4) is 0 Å². The fourth-order valence-electron chi connectivity index (χ4n) is 3.29. The molecule has 28 heavy (non-hydrogen) atoms. The van der Waals surface area contributed by atoms with Crippen LogP contribution >= 0.6 is 0 Å². The van der Waals surface area contributed by atoms with Gasteiger partial charge in [-0.15, -0.1) is 0 Å². The standard InChI is InChI=1S/C21H31NO6/c1-13(2)10-17-19(26-12-23)27-18(22(17)20(24)28-21(4,5)6)16-9-8-15(25-7)11-14(16)3/h8-9,11-13,17-19H,10H2,1-7H3/t17-,18?,19+/m0/s1. The van der Waals surface area contributed by atoms with E-state index < -0.39 is 30.3 Å². The maximum absolute atomic E-state index is 13.1. The van der Waals surface area contributed by atoms with Gasteiger partial charge in [-0.3, -0.25) is 9.69 Å². The molecule has 2 rings (SSSR count). The zero-order valence-electron chi connectivity index (χ0n) is 17.7. The maximum atomic E-state index is 13.1. The van der Waals surface area contributed by atoms with E-state index in [1.54, 1.807) is 12.0 Å². The van der Waals surface area contributed by atoms with Gasteiger partial charge in [-0.1, -0.05) is 19.9 Å². The van der Waals surface area contributed by atoms with Gasteiger partial charge in [0.15, 0.2) is 6.23 Å². The van der Waals surface area contributed by atoms with E-state index in [4.69, 9.17) is 18.9 Å². The summed E-state index contributed by atoms with van der Waals surface area (Å²) in [6, 6.07) is 5.08. The van der Waals surface area contributed by atoms with Crippen LogP contribution in [0.2, 0.25) is 0 Å². The second kappa shape index (κ2) is 8.82. The molecule has 1 amide bonds. The summed E-state index contributed by atoms with van der Waals surface area (Å²) in [7, 11) is 1.60. The Balaban J connectivity index is 2.47. The fraction of sp³-hybridized carbons (Fsp3) is 0.619. The second-order valence-corrected chi connectivity index (χ2v) is 8.40. The third kappa shape index (κ3) is 5.16. The minimum atomic E-state index is -0.862. The molecule has 0 spiro atoms. The van der Waals surface area contributed by atoms with Crippen LogP contribution in [0.15, 0.2) is 18.2 Å². The second-order valence-electron chi connectivity index (χ2n) is 8.40. The summed E-state index contributed by atoms with van der Waals surface area (Å²) >= 11 is 0. The third-order valence-corrected chi connectivity index (χ3v) is 4.44. The van der Waals surface area contributed by atoms with Crippen molar-refractivity contribution in [2.75, 3.05) is 7.11 Å². The van der Waals surface area contributed by atoms with E-state index in [1.807, 2.05) is 59.7 Å². The first kappa shape index (κ1) is 22.0. The lowest BCUT2D eigenvalue weighted by Crippen LogP contribution is -2.44. The maximum Gasteiger partial charge on any atom is 0.413 e. The molecule has 156 valence electrons. The Morgan fingerprint density at radius 3 is 2.50 bits per heavy atom. The molecule has 1 aliphatic heterocycles. The van der Waals surface area contributed by atoms with E-state index in [0.717, 1.165) is 11.1 Å². The van der Waals surface area contributed by atoms with Gasteiger partial charge in [0.25, 0.3) is 6.47 Å². The largest absolute Gasteiger partial charge is 0.497 e. The average Bonchev–Trinajstić information content (AvgIpc) is 2.91. The number of rotatable bonds is 6. The van der Waals surface area contributed by atoms with Crippen molar-refractivity contribution in [3.05, 3.63) is 29.3 Å². The van der Waals surface area contributed by atoms with E-state index >= 15 is 0 Å². The summed E-state index contributed by atoms with van der Waals surface area (Å²) < 4.78 is 22.1. The quantitative estimate of drug-likeness (QED) is 0.675. The Kier molecular flexibility index (Phi) is 6.93. The number of amides is 1. The highest BCUT2D eigenvalue weighted by molar-refractivity contribution is 5.70. The van der Waals surface area contributed by atoms with E-state index in [-0.39, 0.29) is 5.92 Å². The van der Waals surface area contributed by atoms with Crippen molar-refractivity contribution in [3.63, 3.8) is 0 Å². The van der Waals surface area contributed by atoms with E-state index in [9.17, 15) is 9.59 Å². The van der Waals surface area contributed by atoms with Gasteiger partial charge in [0.2, 0.25) is 6.29 Å².